The predicted molar refractivity (Wildman–Crippen MR) is 138 cm³/mol. The van der Waals surface area contributed by atoms with Gasteiger partial charge in [0.05, 0.1) is 17.9 Å². The van der Waals surface area contributed by atoms with Crippen molar-refractivity contribution in [3.05, 3.63) is 70.4 Å². The Kier molecular flexibility index (Phi) is 7.09. The van der Waals surface area contributed by atoms with Gasteiger partial charge in [-0.05, 0) is 69.5 Å². The second kappa shape index (κ2) is 9.97. The summed E-state index contributed by atoms with van der Waals surface area (Å²) in [7, 11) is -4.47. The Morgan fingerprint density at radius 1 is 1.24 bits per heavy atom. The van der Waals surface area contributed by atoms with Gasteiger partial charge in [0.25, 0.3) is 21.5 Å². The number of anilines is 1. The molecule has 1 saturated heterocycles. The number of pyridine rings is 2. The number of carbonyl (C=O) groups is 1. The van der Waals surface area contributed by atoms with Gasteiger partial charge in [-0.1, -0.05) is 13.0 Å². The number of amides is 1. The van der Waals surface area contributed by atoms with E-state index in [-0.39, 0.29) is 40.9 Å². The van der Waals surface area contributed by atoms with Gasteiger partial charge in [0.1, 0.15) is 5.82 Å². The van der Waals surface area contributed by atoms with Gasteiger partial charge >= 0.3 is 0 Å². The fraction of sp³-hybridized carbons (Fsp3) is 0.346. The lowest BCUT2D eigenvalue weighted by atomic mass is 9.90. The largest absolute Gasteiger partial charge is 0.491 e. The van der Waals surface area contributed by atoms with Gasteiger partial charge in [-0.25, -0.2) is 22.5 Å². The zero-order valence-electron chi connectivity index (χ0n) is 21.0. The average molecular weight is 529 g/mol. The number of carbonyl (C=O) groups excluding carboxylic acids is 1. The van der Waals surface area contributed by atoms with Gasteiger partial charge in [-0.2, -0.15) is 0 Å². The third-order valence-electron chi connectivity index (χ3n) is 6.90. The first kappa shape index (κ1) is 26.3. The van der Waals surface area contributed by atoms with Crippen molar-refractivity contribution in [2.24, 2.45) is 5.92 Å². The number of sulfonamides is 1. The quantitative estimate of drug-likeness (QED) is 0.479. The minimum absolute atomic E-state index is 0.0109. The van der Waals surface area contributed by atoms with Gasteiger partial charge in [-0.15, -0.1) is 0 Å². The first-order valence-corrected chi connectivity index (χ1v) is 13.4. The molecule has 11 heteroatoms. The van der Waals surface area contributed by atoms with Crippen LogP contribution in [0.15, 0.2) is 58.4 Å². The molecule has 2 aromatic heterocycles. The number of aromatic amines is 1. The summed E-state index contributed by atoms with van der Waals surface area (Å²) in [5.74, 6) is -0.975. The van der Waals surface area contributed by atoms with Crippen LogP contribution in [0.25, 0.3) is 11.3 Å². The molecule has 1 aliphatic rings. The number of halogens is 1. The molecule has 0 aliphatic carbocycles. The van der Waals surface area contributed by atoms with Crippen LogP contribution in [0.3, 0.4) is 0 Å². The van der Waals surface area contributed by atoms with Gasteiger partial charge in [-0.3, -0.25) is 9.59 Å². The standard InChI is InChI=1S/C26H29FN4O5S/c1-5-36-20-9-6-8-17(22(20)27)19-12-11-18(23(29-19)31-15-13-16(2)26(31,3)4)24(32)30-37(34,35)21-10-7-14-28-25(21)33/h6-12,14,16H,5,13,15H2,1-4H3,(H,28,33)(H,30,32). The van der Waals surface area contributed by atoms with E-state index in [0.29, 0.717) is 6.54 Å². The highest BCUT2D eigenvalue weighted by Gasteiger charge is 2.41. The van der Waals surface area contributed by atoms with E-state index in [9.17, 15) is 18.0 Å². The summed E-state index contributed by atoms with van der Waals surface area (Å²) in [6.45, 7) is 8.72. The fourth-order valence-electron chi connectivity index (χ4n) is 4.42. The lowest BCUT2D eigenvalue weighted by Crippen LogP contribution is -2.44. The maximum absolute atomic E-state index is 15.2. The van der Waals surface area contributed by atoms with Crippen molar-refractivity contribution < 1.29 is 22.3 Å². The fourth-order valence-corrected chi connectivity index (χ4v) is 5.44. The molecule has 9 nitrogen and oxygen atoms in total. The molecule has 1 aromatic carbocycles. The molecule has 3 heterocycles. The predicted octanol–water partition coefficient (Wildman–Crippen LogP) is 3.72. The molecule has 2 N–H and O–H groups in total. The molecule has 1 fully saturated rings. The molecule has 37 heavy (non-hydrogen) atoms. The van der Waals surface area contributed by atoms with Gasteiger partial charge < -0.3 is 14.6 Å². The van der Waals surface area contributed by atoms with E-state index in [1.54, 1.807) is 19.1 Å². The molecule has 1 atom stereocenters. The molecule has 0 saturated carbocycles. The number of benzene rings is 1. The highest BCUT2D eigenvalue weighted by atomic mass is 32.2. The Bertz CT molecular complexity index is 1500. The van der Waals surface area contributed by atoms with Gasteiger partial charge in [0.2, 0.25) is 0 Å². The number of H-pyrrole nitrogens is 1. The third-order valence-corrected chi connectivity index (χ3v) is 8.26. The Labute approximate surface area is 214 Å². The minimum Gasteiger partial charge on any atom is -0.491 e. The van der Waals surface area contributed by atoms with Crippen LogP contribution in [0.5, 0.6) is 5.75 Å². The lowest BCUT2D eigenvalue weighted by Gasteiger charge is -2.36. The van der Waals surface area contributed by atoms with E-state index in [1.165, 1.54) is 30.5 Å². The molecule has 1 unspecified atom stereocenters. The Balaban J connectivity index is 1.81. The molecule has 4 rings (SSSR count). The Morgan fingerprint density at radius 2 is 2.00 bits per heavy atom. The second-order valence-electron chi connectivity index (χ2n) is 9.41. The maximum atomic E-state index is 15.2. The van der Waals surface area contributed by atoms with E-state index in [2.05, 4.69) is 16.9 Å². The zero-order valence-corrected chi connectivity index (χ0v) is 21.9. The Morgan fingerprint density at radius 3 is 2.65 bits per heavy atom. The maximum Gasteiger partial charge on any atom is 0.269 e. The van der Waals surface area contributed by atoms with Crippen molar-refractivity contribution in [2.45, 2.75) is 44.6 Å². The zero-order chi connectivity index (χ0) is 27.0. The van der Waals surface area contributed by atoms with E-state index < -0.39 is 37.7 Å². The smallest absolute Gasteiger partial charge is 0.269 e. The van der Waals surface area contributed by atoms with Gasteiger partial charge in [0.15, 0.2) is 16.5 Å². The molecular weight excluding hydrogens is 499 g/mol. The van der Waals surface area contributed by atoms with Crippen LogP contribution < -0.4 is 19.9 Å². The number of aromatic nitrogens is 2. The molecule has 0 bridgehead atoms. The summed E-state index contributed by atoms with van der Waals surface area (Å²) in [5, 5.41) is 0. The first-order chi connectivity index (χ1) is 17.5. The summed E-state index contributed by atoms with van der Waals surface area (Å²) in [6, 6.07) is 10.1. The monoisotopic (exact) mass is 528 g/mol. The molecule has 3 aromatic rings. The molecule has 0 spiro atoms. The summed E-state index contributed by atoms with van der Waals surface area (Å²) >= 11 is 0. The Hall–Kier alpha value is -3.73. The van der Waals surface area contributed by atoms with Crippen LogP contribution in [-0.2, 0) is 10.0 Å². The topological polar surface area (TPSA) is 121 Å². The number of hydrogen-bond acceptors (Lipinski definition) is 7. The number of ether oxygens (including phenoxy) is 1. The second-order valence-corrected chi connectivity index (χ2v) is 11.1. The number of nitrogens with zero attached hydrogens (tertiary/aromatic N) is 2. The van der Waals surface area contributed by atoms with E-state index in [1.807, 2.05) is 23.5 Å². The average Bonchev–Trinajstić information content (AvgIpc) is 3.12. The van der Waals surface area contributed by atoms with Crippen molar-refractivity contribution >= 4 is 21.7 Å². The molecule has 196 valence electrons. The summed E-state index contributed by atoms with van der Waals surface area (Å²) in [4.78, 5) is 33.6. The molecule has 0 radical (unpaired) electrons. The van der Waals surface area contributed by atoms with Crippen molar-refractivity contribution in [1.29, 1.82) is 0 Å². The van der Waals surface area contributed by atoms with Crippen LogP contribution >= 0.6 is 0 Å². The van der Waals surface area contributed by atoms with E-state index >= 15 is 4.39 Å². The van der Waals surface area contributed by atoms with Crippen LogP contribution in [0.1, 0.15) is 44.5 Å². The summed E-state index contributed by atoms with van der Waals surface area (Å²) in [5.41, 5.74) is -0.822. The highest BCUT2D eigenvalue weighted by Crippen LogP contribution is 2.40. The molecule has 1 amide bonds. The normalized spacial score (nSPS) is 17.0. The first-order valence-electron chi connectivity index (χ1n) is 11.9. The van der Waals surface area contributed by atoms with Gasteiger partial charge in [0, 0.05) is 23.8 Å². The van der Waals surface area contributed by atoms with E-state index in [0.717, 1.165) is 12.5 Å². The van der Waals surface area contributed by atoms with Crippen LogP contribution in [-0.4, -0.2) is 43.0 Å². The van der Waals surface area contributed by atoms with Crippen LogP contribution in [0.4, 0.5) is 10.2 Å². The van der Waals surface area contributed by atoms with E-state index in [4.69, 9.17) is 4.74 Å². The SMILES string of the molecule is CCOc1cccc(-c2ccc(C(=O)NS(=O)(=O)c3ccc[nH]c3=O)c(N3CCC(C)C3(C)C)n2)c1F. The van der Waals surface area contributed by atoms with Crippen LogP contribution in [0.2, 0.25) is 0 Å². The van der Waals surface area contributed by atoms with Crippen LogP contribution in [0, 0.1) is 11.7 Å². The van der Waals surface area contributed by atoms with Crippen molar-refractivity contribution in [3.8, 4) is 17.0 Å². The van der Waals surface area contributed by atoms with Crippen molar-refractivity contribution in [1.82, 2.24) is 14.7 Å². The minimum atomic E-state index is -4.47. The number of hydrogen-bond donors (Lipinski definition) is 2. The molecular formula is C26H29FN4O5S. The third kappa shape index (κ3) is 4.95. The summed E-state index contributed by atoms with van der Waals surface area (Å²) < 4.78 is 48.2. The summed E-state index contributed by atoms with van der Waals surface area (Å²) in [6.07, 6.45) is 2.12. The highest BCUT2D eigenvalue weighted by molar-refractivity contribution is 7.90. The number of nitrogens with one attached hydrogen (secondary N) is 2. The lowest BCUT2D eigenvalue weighted by molar-refractivity contribution is 0.0981. The van der Waals surface area contributed by atoms with Crippen molar-refractivity contribution in [2.75, 3.05) is 18.1 Å². The van der Waals surface area contributed by atoms with Crippen molar-refractivity contribution in [3.63, 3.8) is 0 Å². The number of rotatable bonds is 7. The molecule has 1 aliphatic heterocycles.